The van der Waals surface area contributed by atoms with Crippen molar-refractivity contribution in [2.45, 2.75) is 13.5 Å². The third kappa shape index (κ3) is 3.17. The van der Waals surface area contributed by atoms with Crippen LogP contribution in [0, 0.1) is 18.3 Å². The van der Waals surface area contributed by atoms with Crippen molar-refractivity contribution in [3.05, 3.63) is 65.0 Å². The Morgan fingerprint density at radius 1 is 1.32 bits per heavy atom. The number of hydrogen-bond donors (Lipinski definition) is 1. The maximum atomic E-state index is 11.9. The van der Waals surface area contributed by atoms with Gasteiger partial charge in [-0.15, -0.1) is 0 Å². The number of rotatable bonds is 3. The van der Waals surface area contributed by atoms with Gasteiger partial charge in [0, 0.05) is 12.7 Å². The van der Waals surface area contributed by atoms with E-state index in [0.29, 0.717) is 17.8 Å². The molecular formula is C15H13N3O. The molecule has 0 atom stereocenters. The van der Waals surface area contributed by atoms with Gasteiger partial charge in [-0.25, -0.2) is 4.98 Å². The fraction of sp³-hybridized carbons (Fsp3) is 0.133. The molecule has 19 heavy (non-hydrogen) atoms. The molecule has 4 nitrogen and oxygen atoms in total. The lowest BCUT2D eigenvalue weighted by atomic mass is 10.1. The van der Waals surface area contributed by atoms with E-state index in [1.165, 1.54) is 6.20 Å². The molecule has 0 unspecified atom stereocenters. The molecule has 0 radical (unpaired) electrons. The van der Waals surface area contributed by atoms with E-state index in [4.69, 9.17) is 5.26 Å². The molecule has 1 N–H and O–H groups in total. The van der Waals surface area contributed by atoms with Gasteiger partial charge in [0.25, 0.3) is 5.91 Å². The lowest BCUT2D eigenvalue weighted by molar-refractivity contribution is 0.0946. The molecular weight excluding hydrogens is 238 g/mol. The second-order valence-electron chi connectivity index (χ2n) is 4.15. The average molecular weight is 251 g/mol. The maximum absolute atomic E-state index is 11.9. The lowest BCUT2D eigenvalue weighted by Gasteiger charge is -2.07. The zero-order valence-corrected chi connectivity index (χ0v) is 10.6. The Bertz CT molecular complexity index is 627. The molecule has 0 spiro atoms. The van der Waals surface area contributed by atoms with Crippen LogP contribution < -0.4 is 5.32 Å². The molecule has 4 heteroatoms. The topological polar surface area (TPSA) is 65.8 Å². The highest BCUT2D eigenvalue weighted by molar-refractivity contribution is 5.92. The largest absolute Gasteiger partial charge is 0.347 e. The van der Waals surface area contributed by atoms with Gasteiger partial charge < -0.3 is 5.32 Å². The van der Waals surface area contributed by atoms with E-state index >= 15 is 0 Å². The van der Waals surface area contributed by atoms with Gasteiger partial charge in [0.05, 0.1) is 5.56 Å². The number of aryl methyl sites for hydroxylation is 1. The van der Waals surface area contributed by atoms with Crippen LogP contribution in [0.15, 0.2) is 42.6 Å². The number of carbonyl (C=O) groups excluding carboxylic acids is 1. The monoisotopic (exact) mass is 251 g/mol. The number of aromatic nitrogens is 1. The molecule has 0 bridgehead atoms. The Morgan fingerprint density at radius 3 is 2.74 bits per heavy atom. The third-order valence-electron chi connectivity index (χ3n) is 2.83. The highest BCUT2D eigenvalue weighted by Gasteiger charge is 2.07. The lowest BCUT2D eigenvalue weighted by Crippen LogP contribution is -2.24. The van der Waals surface area contributed by atoms with Crippen LogP contribution in [0.5, 0.6) is 0 Å². The van der Waals surface area contributed by atoms with E-state index in [9.17, 15) is 4.79 Å². The number of nitrogens with zero attached hydrogens (tertiary/aromatic N) is 2. The van der Waals surface area contributed by atoms with Gasteiger partial charge in [-0.3, -0.25) is 4.79 Å². The van der Waals surface area contributed by atoms with Crippen molar-refractivity contribution in [3.63, 3.8) is 0 Å². The summed E-state index contributed by atoms with van der Waals surface area (Å²) in [5.74, 6) is -0.243. The summed E-state index contributed by atoms with van der Waals surface area (Å²) in [5, 5.41) is 11.5. The van der Waals surface area contributed by atoms with E-state index in [2.05, 4.69) is 10.3 Å². The molecule has 1 heterocycles. The van der Waals surface area contributed by atoms with Gasteiger partial charge in [-0.1, -0.05) is 24.3 Å². The number of amides is 1. The predicted octanol–water partition coefficient (Wildman–Crippen LogP) is 2.19. The molecule has 1 amide bonds. The number of pyridine rings is 1. The van der Waals surface area contributed by atoms with Gasteiger partial charge in [0.1, 0.15) is 11.8 Å². The standard InChI is InChI=1S/C15H13N3O/c1-11-4-2-3-5-13(11)10-18-15(19)14-7-6-12(8-16)9-17-14/h2-7,9H,10H2,1H3,(H,18,19). The second kappa shape index (κ2) is 5.78. The van der Waals surface area contributed by atoms with Gasteiger partial charge in [-0.2, -0.15) is 5.26 Å². The number of hydrogen-bond acceptors (Lipinski definition) is 3. The summed E-state index contributed by atoms with van der Waals surface area (Å²) in [7, 11) is 0. The smallest absolute Gasteiger partial charge is 0.270 e. The Morgan fingerprint density at radius 2 is 2.11 bits per heavy atom. The fourth-order valence-electron chi connectivity index (χ4n) is 1.67. The Kier molecular flexibility index (Phi) is 3.89. The Labute approximate surface area is 111 Å². The highest BCUT2D eigenvalue weighted by atomic mass is 16.1. The van der Waals surface area contributed by atoms with Crippen molar-refractivity contribution < 1.29 is 4.79 Å². The molecule has 0 aliphatic rings. The summed E-state index contributed by atoms with van der Waals surface area (Å²) < 4.78 is 0. The van der Waals surface area contributed by atoms with Gasteiger partial charge >= 0.3 is 0 Å². The molecule has 0 aliphatic heterocycles. The fourth-order valence-corrected chi connectivity index (χ4v) is 1.67. The van der Waals surface area contributed by atoms with Crippen molar-refractivity contribution in [1.29, 1.82) is 5.26 Å². The normalized spacial score (nSPS) is 9.68. The van der Waals surface area contributed by atoms with Crippen LogP contribution in [-0.2, 0) is 6.54 Å². The summed E-state index contributed by atoms with van der Waals surface area (Å²) >= 11 is 0. The van der Waals surface area contributed by atoms with Crippen LogP contribution in [-0.4, -0.2) is 10.9 Å². The van der Waals surface area contributed by atoms with Crippen LogP contribution >= 0.6 is 0 Å². The van der Waals surface area contributed by atoms with Crippen LogP contribution in [0.4, 0.5) is 0 Å². The molecule has 0 aliphatic carbocycles. The molecule has 1 aromatic carbocycles. The van der Waals surface area contributed by atoms with Crippen LogP contribution in [0.2, 0.25) is 0 Å². The molecule has 2 aromatic rings. The molecule has 0 saturated heterocycles. The number of carbonyl (C=O) groups is 1. The first-order valence-electron chi connectivity index (χ1n) is 5.89. The predicted molar refractivity (Wildman–Crippen MR) is 71.3 cm³/mol. The van der Waals surface area contributed by atoms with E-state index in [1.54, 1.807) is 12.1 Å². The summed E-state index contributed by atoms with van der Waals surface area (Å²) in [6, 6.07) is 13.0. The van der Waals surface area contributed by atoms with E-state index in [-0.39, 0.29) is 5.91 Å². The van der Waals surface area contributed by atoms with Crippen molar-refractivity contribution in [2.75, 3.05) is 0 Å². The van der Waals surface area contributed by atoms with E-state index in [1.807, 2.05) is 37.3 Å². The molecule has 2 rings (SSSR count). The quantitative estimate of drug-likeness (QED) is 0.909. The average Bonchev–Trinajstić information content (AvgIpc) is 2.46. The molecule has 0 saturated carbocycles. The van der Waals surface area contributed by atoms with Crippen molar-refractivity contribution in [3.8, 4) is 6.07 Å². The minimum absolute atomic E-state index is 0.243. The summed E-state index contributed by atoms with van der Waals surface area (Å²) in [6.07, 6.45) is 1.39. The second-order valence-corrected chi connectivity index (χ2v) is 4.15. The number of benzene rings is 1. The van der Waals surface area contributed by atoms with Gasteiger partial charge in [0.2, 0.25) is 0 Å². The van der Waals surface area contributed by atoms with Crippen molar-refractivity contribution >= 4 is 5.91 Å². The van der Waals surface area contributed by atoms with Gasteiger partial charge in [-0.05, 0) is 30.2 Å². The van der Waals surface area contributed by atoms with Crippen LogP contribution in [0.25, 0.3) is 0 Å². The summed E-state index contributed by atoms with van der Waals surface area (Å²) in [5.41, 5.74) is 2.96. The Hall–Kier alpha value is -2.67. The van der Waals surface area contributed by atoms with Gasteiger partial charge in [0.15, 0.2) is 0 Å². The molecule has 0 fully saturated rings. The minimum Gasteiger partial charge on any atom is -0.347 e. The van der Waals surface area contributed by atoms with Crippen molar-refractivity contribution in [1.82, 2.24) is 10.3 Å². The van der Waals surface area contributed by atoms with E-state index in [0.717, 1.165) is 11.1 Å². The minimum atomic E-state index is -0.243. The first-order valence-corrected chi connectivity index (χ1v) is 5.89. The SMILES string of the molecule is Cc1ccccc1CNC(=O)c1ccc(C#N)cn1. The summed E-state index contributed by atoms with van der Waals surface area (Å²) in [4.78, 5) is 15.8. The maximum Gasteiger partial charge on any atom is 0.270 e. The van der Waals surface area contributed by atoms with Crippen LogP contribution in [0.1, 0.15) is 27.2 Å². The van der Waals surface area contributed by atoms with Crippen molar-refractivity contribution in [2.24, 2.45) is 0 Å². The van der Waals surface area contributed by atoms with E-state index < -0.39 is 0 Å². The Balaban J connectivity index is 2.02. The zero-order valence-electron chi connectivity index (χ0n) is 10.6. The first kappa shape index (κ1) is 12.8. The third-order valence-corrected chi connectivity index (χ3v) is 2.83. The number of nitriles is 1. The summed E-state index contributed by atoms with van der Waals surface area (Å²) in [6.45, 7) is 2.47. The highest BCUT2D eigenvalue weighted by Crippen LogP contribution is 2.06. The zero-order chi connectivity index (χ0) is 13.7. The molecule has 1 aromatic heterocycles. The molecule has 94 valence electrons. The first-order chi connectivity index (χ1) is 9.20. The number of nitrogens with one attached hydrogen (secondary N) is 1. The van der Waals surface area contributed by atoms with Crippen LogP contribution in [0.3, 0.4) is 0 Å².